The van der Waals surface area contributed by atoms with Gasteiger partial charge in [0.25, 0.3) is 0 Å². The standard InChI is InChI=1S/C22H27N5O4S/c1-14-13-31-9-8-27(14)18-12-17(22(2)6-4-10-32(22,28)29)24-21(25-18)16-11-19(30-3)26-20-15(16)5-7-23-20/h5,7,11-12,14H,4,6,8-10,13H2,1-3H3,(H,23,26)/t14-,22-/m1/s1. The summed E-state index contributed by atoms with van der Waals surface area (Å²) in [4.78, 5) is 19.5. The molecule has 2 aliphatic rings. The second-order valence-electron chi connectivity index (χ2n) is 8.66. The Kier molecular flexibility index (Phi) is 5.09. The molecule has 0 aromatic carbocycles. The van der Waals surface area contributed by atoms with E-state index in [2.05, 4.69) is 21.8 Å². The average Bonchev–Trinajstić information content (AvgIpc) is 3.37. The summed E-state index contributed by atoms with van der Waals surface area (Å²) in [5.74, 6) is 1.79. The van der Waals surface area contributed by atoms with Crippen molar-refractivity contribution in [1.82, 2.24) is 19.9 Å². The maximum absolute atomic E-state index is 13.0. The van der Waals surface area contributed by atoms with Crippen LogP contribution in [0.5, 0.6) is 5.88 Å². The molecule has 0 aliphatic carbocycles. The van der Waals surface area contributed by atoms with Crippen LogP contribution in [-0.4, -0.2) is 67.0 Å². The number of hydrogen-bond donors (Lipinski definition) is 1. The lowest BCUT2D eigenvalue weighted by atomic mass is 10.0. The summed E-state index contributed by atoms with van der Waals surface area (Å²) in [6.45, 7) is 5.73. The molecule has 0 bridgehead atoms. The van der Waals surface area contributed by atoms with Gasteiger partial charge in [-0.25, -0.2) is 18.4 Å². The SMILES string of the molecule is COc1cc(-c2nc(N3CCOC[C@H]3C)cc([C@@]3(C)CCCS3(=O)=O)n2)c2cc[nH]c2n1. The second-order valence-corrected chi connectivity index (χ2v) is 11.2. The largest absolute Gasteiger partial charge is 0.481 e. The summed E-state index contributed by atoms with van der Waals surface area (Å²) in [5, 5.41) is 0.850. The van der Waals surface area contributed by atoms with Crippen LogP contribution >= 0.6 is 0 Å². The first-order valence-electron chi connectivity index (χ1n) is 10.8. The van der Waals surface area contributed by atoms with Crippen molar-refractivity contribution < 1.29 is 17.9 Å². The second kappa shape index (κ2) is 7.70. The van der Waals surface area contributed by atoms with Crippen molar-refractivity contribution in [3.8, 4) is 17.3 Å². The first-order chi connectivity index (χ1) is 15.3. The van der Waals surface area contributed by atoms with Gasteiger partial charge in [-0.15, -0.1) is 0 Å². The zero-order valence-corrected chi connectivity index (χ0v) is 19.3. The number of fused-ring (bicyclic) bond motifs is 1. The van der Waals surface area contributed by atoms with E-state index >= 15 is 0 Å². The summed E-state index contributed by atoms with van der Waals surface area (Å²) in [5.41, 5.74) is 1.94. The Bertz CT molecular complexity index is 1270. The third kappa shape index (κ3) is 3.32. The number of sulfone groups is 1. The van der Waals surface area contributed by atoms with Crippen molar-refractivity contribution in [1.29, 1.82) is 0 Å². The van der Waals surface area contributed by atoms with Gasteiger partial charge in [-0.3, -0.25) is 0 Å². The molecule has 2 fully saturated rings. The molecule has 0 spiro atoms. The van der Waals surface area contributed by atoms with Crippen molar-refractivity contribution in [3.63, 3.8) is 0 Å². The van der Waals surface area contributed by atoms with E-state index in [0.29, 0.717) is 61.5 Å². The fourth-order valence-electron chi connectivity index (χ4n) is 4.61. The van der Waals surface area contributed by atoms with E-state index in [4.69, 9.17) is 19.4 Å². The quantitative estimate of drug-likeness (QED) is 0.637. The van der Waals surface area contributed by atoms with E-state index in [-0.39, 0.29) is 11.8 Å². The minimum atomic E-state index is -3.32. The number of nitrogens with one attached hydrogen (secondary N) is 1. The lowest BCUT2D eigenvalue weighted by Gasteiger charge is -2.35. The fraction of sp³-hybridized carbons (Fsp3) is 0.500. The number of aromatic nitrogens is 4. The third-order valence-electron chi connectivity index (χ3n) is 6.62. The molecule has 9 nitrogen and oxygen atoms in total. The van der Waals surface area contributed by atoms with E-state index in [9.17, 15) is 8.42 Å². The molecular weight excluding hydrogens is 430 g/mol. The predicted octanol–water partition coefficient (Wildman–Crippen LogP) is 2.68. The topological polar surface area (TPSA) is 110 Å². The molecule has 3 aromatic heterocycles. The van der Waals surface area contributed by atoms with Gasteiger partial charge in [0.2, 0.25) is 5.88 Å². The zero-order chi connectivity index (χ0) is 22.5. The normalized spacial score (nSPS) is 25.3. The molecule has 5 rings (SSSR count). The highest BCUT2D eigenvalue weighted by atomic mass is 32.2. The first-order valence-corrected chi connectivity index (χ1v) is 12.5. The van der Waals surface area contributed by atoms with E-state index in [1.807, 2.05) is 12.1 Å². The van der Waals surface area contributed by atoms with Gasteiger partial charge in [-0.1, -0.05) is 0 Å². The van der Waals surface area contributed by atoms with E-state index in [1.165, 1.54) is 0 Å². The monoisotopic (exact) mass is 457 g/mol. The van der Waals surface area contributed by atoms with Gasteiger partial charge in [0.1, 0.15) is 16.2 Å². The van der Waals surface area contributed by atoms with Crippen LogP contribution in [0, 0.1) is 0 Å². The first kappa shape index (κ1) is 21.1. The van der Waals surface area contributed by atoms with Gasteiger partial charge < -0.3 is 19.4 Å². The Morgan fingerprint density at radius 2 is 2.12 bits per heavy atom. The number of anilines is 1. The maximum atomic E-state index is 13.0. The molecule has 2 atom stereocenters. The molecular formula is C22H27N5O4S. The van der Waals surface area contributed by atoms with Crippen LogP contribution in [0.2, 0.25) is 0 Å². The molecule has 0 saturated carbocycles. The number of pyridine rings is 1. The average molecular weight is 458 g/mol. The number of aromatic amines is 1. The van der Waals surface area contributed by atoms with Gasteiger partial charge in [-0.2, -0.15) is 4.98 Å². The summed E-state index contributed by atoms with van der Waals surface area (Å²) < 4.78 is 36.0. The van der Waals surface area contributed by atoms with Gasteiger partial charge >= 0.3 is 0 Å². The smallest absolute Gasteiger partial charge is 0.215 e. The molecule has 32 heavy (non-hydrogen) atoms. The van der Waals surface area contributed by atoms with Crippen LogP contribution in [-0.2, 0) is 19.3 Å². The minimum Gasteiger partial charge on any atom is -0.481 e. The van der Waals surface area contributed by atoms with Crippen molar-refractivity contribution in [2.45, 2.75) is 37.5 Å². The highest BCUT2D eigenvalue weighted by molar-refractivity contribution is 7.92. The fourth-order valence-corrected chi connectivity index (χ4v) is 6.47. The number of rotatable bonds is 4. The zero-order valence-electron chi connectivity index (χ0n) is 18.5. The number of methoxy groups -OCH3 is 1. The number of H-pyrrole nitrogens is 1. The Labute approximate surface area is 187 Å². The molecule has 5 heterocycles. The highest BCUT2D eigenvalue weighted by Crippen LogP contribution is 2.42. The van der Waals surface area contributed by atoms with E-state index in [0.717, 1.165) is 10.9 Å². The lowest BCUT2D eigenvalue weighted by Crippen LogP contribution is -2.44. The van der Waals surface area contributed by atoms with Crippen LogP contribution in [0.4, 0.5) is 5.82 Å². The maximum Gasteiger partial charge on any atom is 0.215 e. The van der Waals surface area contributed by atoms with Gasteiger partial charge in [0.05, 0.1) is 37.8 Å². The molecule has 2 aliphatic heterocycles. The van der Waals surface area contributed by atoms with Gasteiger partial charge in [-0.05, 0) is 32.8 Å². The Hall–Kier alpha value is -2.72. The molecule has 0 amide bonds. The summed E-state index contributed by atoms with van der Waals surface area (Å²) in [7, 11) is -1.76. The van der Waals surface area contributed by atoms with Crippen molar-refractivity contribution in [3.05, 3.63) is 30.1 Å². The number of hydrogen-bond acceptors (Lipinski definition) is 8. The Morgan fingerprint density at radius 1 is 1.28 bits per heavy atom. The van der Waals surface area contributed by atoms with Crippen molar-refractivity contribution in [2.24, 2.45) is 0 Å². The summed E-state index contributed by atoms with van der Waals surface area (Å²) in [6, 6.07) is 5.68. The van der Waals surface area contributed by atoms with Gasteiger partial charge in [0.15, 0.2) is 15.7 Å². The lowest BCUT2D eigenvalue weighted by molar-refractivity contribution is 0.0985. The van der Waals surface area contributed by atoms with Crippen molar-refractivity contribution >= 4 is 26.7 Å². The van der Waals surface area contributed by atoms with E-state index in [1.54, 1.807) is 26.3 Å². The molecule has 0 radical (unpaired) electrons. The number of ether oxygens (including phenoxy) is 2. The van der Waals surface area contributed by atoms with Crippen LogP contribution < -0.4 is 9.64 Å². The van der Waals surface area contributed by atoms with Crippen LogP contribution in [0.3, 0.4) is 0 Å². The molecule has 1 N–H and O–H groups in total. The molecule has 2 saturated heterocycles. The molecule has 10 heteroatoms. The molecule has 0 unspecified atom stereocenters. The Morgan fingerprint density at radius 3 is 2.84 bits per heavy atom. The minimum absolute atomic E-state index is 0.117. The molecule has 3 aromatic rings. The number of nitrogens with zero attached hydrogens (tertiary/aromatic N) is 4. The van der Waals surface area contributed by atoms with Crippen LogP contribution in [0.25, 0.3) is 22.4 Å². The Balaban J connectivity index is 1.75. The summed E-state index contributed by atoms with van der Waals surface area (Å²) in [6.07, 6.45) is 2.98. The predicted molar refractivity (Wildman–Crippen MR) is 122 cm³/mol. The molecule has 170 valence electrons. The van der Waals surface area contributed by atoms with Gasteiger partial charge in [0, 0.05) is 35.8 Å². The third-order valence-corrected chi connectivity index (χ3v) is 9.24. The van der Waals surface area contributed by atoms with Crippen LogP contribution in [0.1, 0.15) is 32.4 Å². The highest BCUT2D eigenvalue weighted by Gasteiger charge is 2.47. The van der Waals surface area contributed by atoms with E-state index < -0.39 is 14.6 Å². The number of morpholine rings is 1. The van der Waals surface area contributed by atoms with Crippen molar-refractivity contribution in [2.75, 3.05) is 37.5 Å². The van der Waals surface area contributed by atoms with Crippen LogP contribution in [0.15, 0.2) is 24.4 Å². The summed E-state index contributed by atoms with van der Waals surface area (Å²) >= 11 is 0.